The summed E-state index contributed by atoms with van der Waals surface area (Å²) in [5.74, 6) is -127. The van der Waals surface area contributed by atoms with Crippen LogP contribution in [0.4, 0.5) is 123 Å². The molecule has 0 N–H and O–H groups in total. The van der Waals surface area contributed by atoms with Gasteiger partial charge in [-0.1, -0.05) is 46.0 Å². The fraction of sp³-hybridized carbons (Fsp3) is 0.906. The third-order valence-electron chi connectivity index (χ3n) is 17.8. The summed E-state index contributed by atoms with van der Waals surface area (Å²) < 4.78 is 446. The van der Waals surface area contributed by atoms with E-state index in [0.717, 1.165) is 18.7 Å². The lowest BCUT2D eigenvalue weighted by atomic mass is 9.67. The van der Waals surface area contributed by atoms with E-state index >= 15 is 43.9 Å². The summed E-state index contributed by atoms with van der Waals surface area (Å²) in [7, 11) is -2.81. The summed E-state index contributed by atoms with van der Waals surface area (Å²) in [6.45, 7) is 4.15. The first-order chi connectivity index (χ1) is 48.8. The van der Waals surface area contributed by atoms with Crippen molar-refractivity contribution in [2.75, 3.05) is 70.8 Å². The average molecular weight is 1720 g/mol. The molecule has 0 aliphatic rings. The van der Waals surface area contributed by atoms with Gasteiger partial charge in [0.2, 0.25) is 0 Å². The lowest BCUT2D eigenvalue weighted by Crippen LogP contribution is -2.72. The highest BCUT2D eigenvalue weighted by molar-refractivity contribution is 7.98. The standard InChI is InChI=1S/C64H94F28O13S2Si2/c1-15-21-40(44(94)101-26-19-32-108(10,11)12)34-41(45(95)102-28-22-53(69,70)57(77,78)61(85,86)63(89,90)59(81,82)55(73,74)51(5,65)66)36-50(4,48(98)105-25-18-31-107-9)38-42(37-49(3,47(97)104-24-17-30-106-8)35-39(16-2)43(93)100-27-20-33-109(13,14)99-7)46(96)103-29-23-54(71,72)58(79,80)62(87,88)64(91,92)60(83,84)56(75,76)52(6,67)68/h39-42H,15-38H2,1-14H3. The second-order valence-electron chi connectivity index (χ2n) is 29.0. The Morgan fingerprint density at radius 1 is 0.358 bits per heavy atom. The molecule has 6 atom stereocenters. The zero-order chi connectivity index (χ0) is 86.1. The number of ether oxygens (including phenoxy) is 6. The molecule has 0 amide bonds. The molecule has 0 aliphatic carbocycles. The molecular weight excluding hydrogens is 1630 g/mol. The highest BCUT2D eigenvalue weighted by atomic mass is 32.2. The maximum absolute atomic E-state index is 15.5. The molecule has 13 nitrogen and oxygen atoms in total. The fourth-order valence-corrected chi connectivity index (χ4v) is 14.0. The summed E-state index contributed by atoms with van der Waals surface area (Å²) in [5.41, 5.74) is -5.39. The van der Waals surface area contributed by atoms with E-state index in [4.69, 9.17) is 32.8 Å². The monoisotopic (exact) mass is 1720 g/mol. The van der Waals surface area contributed by atoms with E-state index in [2.05, 4.69) is 0 Å². The molecule has 109 heavy (non-hydrogen) atoms. The minimum Gasteiger partial charge on any atom is -0.465 e. The van der Waals surface area contributed by atoms with E-state index in [-0.39, 0.29) is 63.2 Å². The van der Waals surface area contributed by atoms with Gasteiger partial charge in [-0.2, -0.15) is 146 Å². The summed E-state index contributed by atoms with van der Waals surface area (Å²) >= 11 is 2.30. The van der Waals surface area contributed by atoms with Gasteiger partial charge in [-0.3, -0.25) is 28.8 Å². The Bertz CT molecular complexity index is 2920. The molecular formula is C64H94F28O13S2Si2. The van der Waals surface area contributed by atoms with E-state index < -0.39 is 261 Å². The minimum atomic E-state index is -8.54. The van der Waals surface area contributed by atoms with E-state index in [1.54, 1.807) is 19.3 Å². The van der Waals surface area contributed by atoms with Crippen LogP contribution < -0.4 is 0 Å². The molecule has 0 radical (unpaired) electrons. The van der Waals surface area contributed by atoms with Crippen molar-refractivity contribution in [1.82, 2.24) is 0 Å². The molecule has 0 bridgehead atoms. The van der Waals surface area contributed by atoms with Gasteiger partial charge < -0.3 is 32.8 Å². The second kappa shape index (κ2) is 39.5. The molecule has 0 rings (SSSR count). The van der Waals surface area contributed by atoms with Crippen molar-refractivity contribution in [3.8, 4) is 0 Å². The van der Waals surface area contributed by atoms with Crippen LogP contribution in [0.5, 0.6) is 0 Å². The SMILES string of the molecule is CCCC(CC(CC(C)(CC(CC(C)(CC(CC)C(=O)OCCC[Si](C)(C)OC)C(=O)OCCCSC)C(=O)OCCC(F)(F)C(F)(F)C(F)(F)C(F)(F)C(F)(F)C(F)(F)C(C)(F)F)C(=O)OCCCSC)C(=O)OCCC(F)(F)C(F)(F)C(F)(F)C(F)(F)C(F)(F)C(F)(F)C(C)(F)F)C(=O)OCCC[Si](C)(C)C. The number of esters is 6. The molecule has 0 aliphatic heterocycles. The number of hydrogen-bond acceptors (Lipinski definition) is 15. The zero-order valence-electron chi connectivity index (χ0n) is 62.0. The van der Waals surface area contributed by atoms with Gasteiger partial charge in [-0.25, -0.2) is 0 Å². The van der Waals surface area contributed by atoms with Crippen LogP contribution in [0.1, 0.15) is 131 Å². The Hall–Kier alpha value is -4.05. The first-order valence-corrected chi connectivity index (χ1v) is 43.3. The first-order valence-electron chi connectivity index (χ1n) is 33.6. The van der Waals surface area contributed by atoms with Crippen LogP contribution in [-0.4, -0.2) is 206 Å². The molecule has 0 saturated carbocycles. The van der Waals surface area contributed by atoms with Crippen LogP contribution in [0.2, 0.25) is 44.8 Å². The van der Waals surface area contributed by atoms with Gasteiger partial charge in [0.15, 0.2) is 8.32 Å². The van der Waals surface area contributed by atoms with E-state index in [1.807, 2.05) is 19.6 Å². The van der Waals surface area contributed by atoms with Gasteiger partial charge >= 0.3 is 119 Å². The quantitative estimate of drug-likeness (QED) is 0.0185. The van der Waals surface area contributed by atoms with Crippen molar-refractivity contribution in [2.24, 2.45) is 34.5 Å². The molecule has 45 heteroatoms. The van der Waals surface area contributed by atoms with Crippen molar-refractivity contribution in [2.45, 2.75) is 259 Å². The molecule has 6 unspecified atom stereocenters. The Balaban J connectivity index is 9.07. The van der Waals surface area contributed by atoms with Crippen molar-refractivity contribution in [1.29, 1.82) is 0 Å². The van der Waals surface area contributed by atoms with E-state index in [0.29, 0.717) is 19.0 Å². The third-order valence-corrected chi connectivity index (χ3v) is 23.7. The number of hydrogen-bond donors (Lipinski definition) is 0. The van der Waals surface area contributed by atoms with Gasteiger partial charge in [0, 0.05) is 29.0 Å². The second-order valence-corrected chi connectivity index (χ2v) is 41.0. The molecule has 0 heterocycles. The maximum Gasteiger partial charge on any atom is 0.384 e. The molecule has 0 fully saturated rings. The van der Waals surface area contributed by atoms with Crippen molar-refractivity contribution >= 4 is 75.7 Å². The van der Waals surface area contributed by atoms with Gasteiger partial charge in [0.25, 0.3) is 0 Å². The van der Waals surface area contributed by atoms with Crippen molar-refractivity contribution < 1.29 is 185 Å². The Kier molecular flexibility index (Phi) is 38.1. The van der Waals surface area contributed by atoms with Gasteiger partial charge in [0.05, 0.1) is 87.0 Å². The van der Waals surface area contributed by atoms with E-state index in [1.165, 1.54) is 39.0 Å². The van der Waals surface area contributed by atoms with Crippen LogP contribution in [0.25, 0.3) is 0 Å². The molecule has 0 spiro atoms. The number of carbonyl (C=O) groups is 6. The largest absolute Gasteiger partial charge is 0.465 e. The summed E-state index contributed by atoms with van der Waals surface area (Å²) in [6, 6.07) is 0.872. The zero-order valence-corrected chi connectivity index (χ0v) is 65.6. The minimum absolute atomic E-state index is 0.0263. The Morgan fingerprint density at radius 3 is 0.963 bits per heavy atom. The van der Waals surface area contributed by atoms with Crippen LogP contribution >= 0.6 is 23.5 Å². The van der Waals surface area contributed by atoms with Crippen LogP contribution in [0, 0.1) is 34.5 Å². The summed E-state index contributed by atoms with van der Waals surface area (Å²) in [6.07, 6.45) is -10.3. The predicted molar refractivity (Wildman–Crippen MR) is 347 cm³/mol. The highest BCUT2D eigenvalue weighted by Crippen LogP contribution is 2.65. The summed E-state index contributed by atoms with van der Waals surface area (Å²) in [4.78, 5) is 86.7. The third kappa shape index (κ3) is 25.5. The van der Waals surface area contributed by atoms with Gasteiger partial charge in [-0.15, -0.1) is 0 Å². The first kappa shape index (κ1) is 105. The molecule has 0 saturated heterocycles. The highest BCUT2D eigenvalue weighted by Gasteiger charge is 2.94. The van der Waals surface area contributed by atoms with Gasteiger partial charge in [-0.05, 0) is 128 Å². The van der Waals surface area contributed by atoms with Crippen molar-refractivity contribution in [3.63, 3.8) is 0 Å². The van der Waals surface area contributed by atoms with Crippen molar-refractivity contribution in [3.05, 3.63) is 0 Å². The normalized spacial score (nSPS) is 16.5. The van der Waals surface area contributed by atoms with Crippen LogP contribution in [-0.2, 0) is 61.6 Å². The van der Waals surface area contributed by atoms with Crippen LogP contribution in [0.15, 0.2) is 0 Å². The number of carbonyl (C=O) groups excluding carboxylic acids is 6. The number of halogens is 28. The topological polar surface area (TPSA) is 167 Å². The molecule has 0 aromatic heterocycles. The number of rotatable bonds is 54. The fourth-order valence-electron chi connectivity index (χ4n) is 10.8. The van der Waals surface area contributed by atoms with Crippen LogP contribution in [0.3, 0.4) is 0 Å². The number of alkyl halides is 28. The maximum atomic E-state index is 15.5. The number of thioether (sulfide) groups is 2. The van der Waals surface area contributed by atoms with E-state index in [9.17, 15) is 108 Å². The molecule has 0 aromatic carbocycles. The Labute approximate surface area is 622 Å². The lowest BCUT2D eigenvalue weighted by Gasteiger charge is -2.42. The van der Waals surface area contributed by atoms with Gasteiger partial charge in [0.1, 0.15) is 0 Å². The lowest BCUT2D eigenvalue weighted by molar-refractivity contribution is -0.440. The smallest absolute Gasteiger partial charge is 0.384 e. The molecule has 644 valence electrons. The Morgan fingerprint density at radius 2 is 0.642 bits per heavy atom. The predicted octanol–water partition coefficient (Wildman–Crippen LogP) is 20.1. The summed E-state index contributed by atoms with van der Waals surface area (Å²) in [5, 5.41) is 0. The average Bonchev–Trinajstić information content (AvgIpc) is 0.708. The molecule has 0 aromatic rings.